The quantitative estimate of drug-likeness (QED) is 0.874. The van der Waals surface area contributed by atoms with Gasteiger partial charge < -0.3 is 5.32 Å². The molecule has 0 aromatic heterocycles. The van der Waals surface area contributed by atoms with Gasteiger partial charge in [-0.1, -0.05) is 31.2 Å². The molecule has 1 aromatic carbocycles. The lowest BCUT2D eigenvalue weighted by molar-refractivity contribution is 0.243. The molecule has 2 heteroatoms. The molecule has 3 rings (SSSR count). The number of rotatable bonds is 4. The average molecular weight is 244 g/mol. The third-order valence-corrected chi connectivity index (χ3v) is 4.45. The van der Waals surface area contributed by atoms with Gasteiger partial charge in [0.1, 0.15) is 0 Å². The highest BCUT2D eigenvalue weighted by Gasteiger charge is 2.31. The minimum absolute atomic E-state index is 0.730. The molecule has 0 bridgehead atoms. The van der Waals surface area contributed by atoms with Gasteiger partial charge in [-0.2, -0.15) is 0 Å². The number of benzene rings is 1. The fourth-order valence-corrected chi connectivity index (χ4v) is 3.43. The molecule has 0 saturated carbocycles. The van der Waals surface area contributed by atoms with E-state index in [4.69, 9.17) is 0 Å². The third-order valence-electron chi connectivity index (χ3n) is 4.45. The van der Waals surface area contributed by atoms with Crippen LogP contribution in [-0.4, -0.2) is 36.6 Å². The van der Waals surface area contributed by atoms with E-state index in [2.05, 4.69) is 41.4 Å². The summed E-state index contributed by atoms with van der Waals surface area (Å²) in [4.78, 5) is 2.70. The number of nitrogens with zero attached hydrogens (tertiary/aromatic N) is 1. The molecule has 0 amide bonds. The van der Waals surface area contributed by atoms with Gasteiger partial charge in [-0.05, 0) is 43.4 Å². The molecule has 1 aliphatic heterocycles. The first-order valence-corrected chi connectivity index (χ1v) is 7.41. The van der Waals surface area contributed by atoms with E-state index < -0.39 is 0 Å². The second-order valence-corrected chi connectivity index (χ2v) is 5.77. The van der Waals surface area contributed by atoms with Crippen LogP contribution in [0.5, 0.6) is 0 Å². The number of hydrogen-bond donors (Lipinski definition) is 1. The summed E-state index contributed by atoms with van der Waals surface area (Å²) in [6.07, 6.45) is 5.09. The van der Waals surface area contributed by atoms with E-state index in [1.165, 1.54) is 45.3 Å². The standard InChI is InChI=1S/C16H24N2/c1-2-8-17-15-7-9-18(12-15)16-10-13-5-3-4-6-14(13)11-16/h3-6,15-17H,2,7-12H2,1H3. The van der Waals surface area contributed by atoms with E-state index in [0.29, 0.717) is 0 Å². The SMILES string of the molecule is CCCNC1CCN(C2Cc3ccccc3C2)C1. The molecular weight excluding hydrogens is 220 g/mol. The topological polar surface area (TPSA) is 15.3 Å². The van der Waals surface area contributed by atoms with Crippen LogP contribution in [-0.2, 0) is 12.8 Å². The molecule has 1 aliphatic carbocycles. The number of nitrogens with one attached hydrogen (secondary N) is 1. The first kappa shape index (κ1) is 12.2. The molecule has 0 radical (unpaired) electrons. The Morgan fingerprint density at radius 2 is 1.94 bits per heavy atom. The Morgan fingerprint density at radius 1 is 1.22 bits per heavy atom. The molecule has 2 nitrogen and oxygen atoms in total. The summed E-state index contributed by atoms with van der Waals surface area (Å²) in [5.74, 6) is 0. The predicted octanol–water partition coefficient (Wildman–Crippen LogP) is 2.23. The Balaban J connectivity index is 1.56. The van der Waals surface area contributed by atoms with Gasteiger partial charge in [0.2, 0.25) is 0 Å². The third kappa shape index (κ3) is 2.45. The van der Waals surface area contributed by atoms with E-state index in [-0.39, 0.29) is 0 Å². The Kier molecular flexibility index (Phi) is 3.67. The molecule has 1 fully saturated rings. The number of likely N-dealkylation sites (tertiary alicyclic amines) is 1. The number of fused-ring (bicyclic) bond motifs is 1. The van der Waals surface area contributed by atoms with Gasteiger partial charge in [0.15, 0.2) is 0 Å². The molecule has 1 heterocycles. The second-order valence-electron chi connectivity index (χ2n) is 5.77. The Morgan fingerprint density at radius 3 is 2.61 bits per heavy atom. The fraction of sp³-hybridized carbons (Fsp3) is 0.625. The molecular formula is C16H24N2. The van der Waals surface area contributed by atoms with Gasteiger partial charge in [0.05, 0.1) is 0 Å². The zero-order chi connectivity index (χ0) is 12.4. The van der Waals surface area contributed by atoms with Crippen molar-refractivity contribution < 1.29 is 0 Å². The highest BCUT2D eigenvalue weighted by Crippen LogP contribution is 2.27. The van der Waals surface area contributed by atoms with Gasteiger partial charge >= 0.3 is 0 Å². The minimum Gasteiger partial charge on any atom is -0.313 e. The van der Waals surface area contributed by atoms with Gasteiger partial charge in [-0.15, -0.1) is 0 Å². The second kappa shape index (κ2) is 5.41. The predicted molar refractivity (Wildman–Crippen MR) is 75.9 cm³/mol. The first-order valence-electron chi connectivity index (χ1n) is 7.41. The van der Waals surface area contributed by atoms with Crippen LogP contribution >= 0.6 is 0 Å². The summed E-state index contributed by atoms with van der Waals surface area (Å²) in [5.41, 5.74) is 3.15. The van der Waals surface area contributed by atoms with Crippen LogP contribution in [0.15, 0.2) is 24.3 Å². The van der Waals surface area contributed by atoms with Gasteiger partial charge in [0, 0.05) is 25.2 Å². The highest BCUT2D eigenvalue weighted by molar-refractivity contribution is 5.33. The zero-order valence-electron chi connectivity index (χ0n) is 11.4. The first-order chi connectivity index (χ1) is 8.86. The molecule has 2 aliphatic rings. The maximum absolute atomic E-state index is 3.66. The van der Waals surface area contributed by atoms with E-state index in [1.807, 2.05) is 0 Å². The maximum atomic E-state index is 3.66. The van der Waals surface area contributed by atoms with Crippen LogP contribution in [0.2, 0.25) is 0 Å². The lowest BCUT2D eigenvalue weighted by Gasteiger charge is -2.23. The van der Waals surface area contributed by atoms with Crippen molar-refractivity contribution in [3.63, 3.8) is 0 Å². The van der Waals surface area contributed by atoms with Gasteiger partial charge in [-0.3, -0.25) is 4.90 Å². The largest absolute Gasteiger partial charge is 0.313 e. The molecule has 1 saturated heterocycles. The van der Waals surface area contributed by atoms with E-state index >= 15 is 0 Å². The monoisotopic (exact) mass is 244 g/mol. The summed E-state index contributed by atoms with van der Waals surface area (Å²) >= 11 is 0. The van der Waals surface area contributed by atoms with Crippen molar-refractivity contribution in [3.8, 4) is 0 Å². The molecule has 18 heavy (non-hydrogen) atoms. The van der Waals surface area contributed by atoms with Crippen molar-refractivity contribution in [2.24, 2.45) is 0 Å². The molecule has 1 aromatic rings. The molecule has 1 atom stereocenters. The number of hydrogen-bond acceptors (Lipinski definition) is 2. The van der Waals surface area contributed by atoms with E-state index in [9.17, 15) is 0 Å². The van der Waals surface area contributed by atoms with Crippen molar-refractivity contribution in [2.45, 2.75) is 44.7 Å². The smallest absolute Gasteiger partial charge is 0.0207 e. The maximum Gasteiger partial charge on any atom is 0.0207 e. The van der Waals surface area contributed by atoms with Gasteiger partial charge in [0.25, 0.3) is 0 Å². The normalized spacial score (nSPS) is 24.6. The summed E-state index contributed by atoms with van der Waals surface area (Å²) in [5, 5.41) is 3.66. The van der Waals surface area contributed by atoms with Crippen molar-refractivity contribution >= 4 is 0 Å². The van der Waals surface area contributed by atoms with Crippen LogP contribution in [0.4, 0.5) is 0 Å². The van der Waals surface area contributed by atoms with Gasteiger partial charge in [-0.25, -0.2) is 0 Å². The Hall–Kier alpha value is -0.860. The van der Waals surface area contributed by atoms with Crippen LogP contribution in [0.1, 0.15) is 30.9 Å². The van der Waals surface area contributed by atoms with Crippen molar-refractivity contribution in [1.82, 2.24) is 10.2 Å². The van der Waals surface area contributed by atoms with Crippen LogP contribution < -0.4 is 5.32 Å². The Bertz CT molecular complexity index is 377. The molecule has 98 valence electrons. The minimum atomic E-state index is 0.730. The van der Waals surface area contributed by atoms with Crippen molar-refractivity contribution in [2.75, 3.05) is 19.6 Å². The van der Waals surface area contributed by atoms with Crippen molar-refractivity contribution in [1.29, 1.82) is 0 Å². The average Bonchev–Trinajstić information content (AvgIpc) is 3.02. The van der Waals surface area contributed by atoms with E-state index in [0.717, 1.165) is 12.1 Å². The summed E-state index contributed by atoms with van der Waals surface area (Å²) in [7, 11) is 0. The fourth-order valence-electron chi connectivity index (χ4n) is 3.43. The van der Waals surface area contributed by atoms with Crippen LogP contribution in [0.25, 0.3) is 0 Å². The van der Waals surface area contributed by atoms with Crippen LogP contribution in [0, 0.1) is 0 Å². The molecule has 0 spiro atoms. The summed E-state index contributed by atoms with van der Waals surface area (Å²) in [6.45, 7) is 5.94. The molecule has 1 N–H and O–H groups in total. The lowest BCUT2D eigenvalue weighted by Crippen LogP contribution is -2.38. The summed E-state index contributed by atoms with van der Waals surface area (Å²) < 4.78 is 0. The Labute approximate surface area is 110 Å². The molecule has 1 unspecified atom stereocenters. The summed E-state index contributed by atoms with van der Waals surface area (Å²) in [6, 6.07) is 10.5. The van der Waals surface area contributed by atoms with Crippen molar-refractivity contribution in [3.05, 3.63) is 35.4 Å². The zero-order valence-corrected chi connectivity index (χ0v) is 11.4. The van der Waals surface area contributed by atoms with E-state index in [1.54, 1.807) is 11.1 Å². The highest BCUT2D eigenvalue weighted by atomic mass is 15.2. The lowest BCUT2D eigenvalue weighted by atomic mass is 10.1. The van der Waals surface area contributed by atoms with Crippen LogP contribution in [0.3, 0.4) is 0 Å².